The molecule has 0 aliphatic carbocycles. The highest BCUT2D eigenvalue weighted by Crippen LogP contribution is 2.18. The minimum Gasteiger partial charge on any atom is -0.494 e. The fourth-order valence-corrected chi connectivity index (χ4v) is 2.08. The van der Waals surface area contributed by atoms with Crippen LogP contribution >= 0.6 is 0 Å². The lowest BCUT2D eigenvalue weighted by atomic mass is 10.1. The molecule has 104 valence electrons. The lowest BCUT2D eigenvalue weighted by molar-refractivity contribution is -0.123. The van der Waals surface area contributed by atoms with Crippen LogP contribution in [0.3, 0.4) is 0 Å². The first-order valence-electron chi connectivity index (χ1n) is 6.59. The van der Waals surface area contributed by atoms with E-state index in [9.17, 15) is 4.79 Å². The zero-order valence-corrected chi connectivity index (χ0v) is 11.3. The second-order valence-electron chi connectivity index (χ2n) is 4.46. The van der Waals surface area contributed by atoms with E-state index in [0.717, 1.165) is 11.4 Å². The normalized spacial score (nSPS) is 22.8. The topological polar surface area (TPSA) is 59.6 Å². The molecule has 2 atom stereocenters. The highest BCUT2D eigenvalue weighted by Gasteiger charge is 2.28. The van der Waals surface area contributed by atoms with Crippen LogP contribution < -0.4 is 15.4 Å². The minimum atomic E-state index is -0.315. The van der Waals surface area contributed by atoms with Crippen LogP contribution in [0.1, 0.15) is 13.8 Å². The number of hydrogen-bond donors (Lipinski definition) is 2. The Hall–Kier alpha value is -1.59. The number of rotatable bonds is 4. The molecule has 0 radical (unpaired) electrons. The summed E-state index contributed by atoms with van der Waals surface area (Å²) in [6.45, 7) is 5.77. The molecule has 5 nitrogen and oxygen atoms in total. The van der Waals surface area contributed by atoms with Crippen molar-refractivity contribution in [3.63, 3.8) is 0 Å². The zero-order chi connectivity index (χ0) is 13.7. The summed E-state index contributed by atoms with van der Waals surface area (Å²) in [5.74, 6) is 0.669. The van der Waals surface area contributed by atoms with Crippen LogP contribution in [0.15, 0.2) is 24.3 Å². The van der Waals surface area contributed by atoms with Crippen LogP contribution in [0.5, 0.6) is 5.75 Å². The Morgan fingerprint density at radius 1 is 1.58 bits per heavy atom. The van der Waals surface area contributed by atoms with Gasteiger partial charge in [0.1, 0.15) is 11.8 Å². The van der Waals surface area contributed by atoms with E-state index in [0.29, 0.717) is 19.8 Å². The van der Waals surface area contributed by atoms with E-state index in [4.69, 9.17) is 9.47 Å². The summed E-state index contributed by atoms with van der Waals surface area (Å²) in [5, 5.41) is 6.04. The molecule has 1 aromatic rings. The van der Waals surface area contributed by atoms with Gasteiger partial charge < -0.3 is 20.1 Å². The Kier molecular flexibility index (Phi) is 4.76. The number of amides is 1. The van der Waals surface area contributed by atoms with Crippen LogP contribution in [0.4, 0.5) is 5.69 Å². The van der Waals surface area contributed by atoms with E-state index in [1.165, 1.54) is 0 Å². The number of carbonyl (C=O) groups excluding carboxylic acids is 1. The molecule has 5 heteroatoms. The smallest absolute Gasteiger partial charge is 0.244 e. The van der Waals surface area contributed by atoms with Crippen molar-refractivity contribution in [3.05, 3.63) is 24.3 Å². The van der Waals surface area contributed by atoms with Gasteiger partial charge >= 0.3 is 0 Å². The number of ether oxygens (including phenoxy) is 2. The van der Waals surface area contributed by atoms with Crippen molar-refractivity contribution in [2.75, 3.05) is 25.1 Å². The molecular weight excluding hydrogens is 244 g/mol. The highest BCUT2D eigenvalue weighted by atomic mass is 16.5. The van der Waals surface area contributed by atoms with Crippen LogP contribution in [0.2, 0.25) is 0 Å². The fourth-order valence-electron chi connectivity index (χ4n) is 2.08. The van der Waals surface area contributed by atoms with Crippen molar-refractivity contribution < 1.29 is 14.3 Å². The summed E-state index contributed by atoms with van der Waals surface area (Å²) in [4.78, 5) is 12.2. The first kappa shape index (κ1) is 13.8. The molecule has 1 heterocycles. The molecule has 2 rings (SSSR count). The molecule has 1 aromatic carbocycles. The molecular formula is C14H20N2O3. The predicted molar refractivity (Wildman–Crippen MR) is 73.4 cm³/mol. The molecule has 0 saturated carbocycles. The van der Waals surface area contributed by atoms with Gasteiger partial charge in [0.25, 0.3) is 0 Å². The van der Waals surface area contributed by atoms with Crippen LogP contribution in [-0.4, -0.2) is 37.8 Å². The highest BCUT2D eigenvalue weighted by molar-refractivity contribution is 5.95. The first-order chi connectivity index (χ1) is 9.20. The molecule has 1 saturated heterocycles. The van der Waals surface area contributed by atoms with E-state index in [1.807, 2.05) is 38.1 Å². The van der Waals surface area contributed by atoms with Gasteiger partial charge in [0, 0.05) is 18.3 Å². The Balaban J connectivity index is 1.99. The van der Waals surface area contributed by atoms with Gasteiger partial charge in [-0.2, -0.15) is 0 Å². The van der Waals surface area contributed by atoms with Gasteiger partial charge in [0.05, 0.1) is 19.3 Å². The van der Waals surface area contributed by atoms with Gasteiger partial charge in [-0.3, -0.25) is 4.79 Å². The van der Waals surface area contributed by atoms with Gasteiger partial charge in [-0.1, -0.05) is 6.07 Å². The number of anilines is 1. The Labute approximate surface area is 113 Å². The second kappa shape index (κ2) is 6.54. The molecule has 1 amide bonds. The van der Waals surface area contributed by atoms with Gasteiger partial charge in [-0.05, 0) is 26.0 Å². The van der Waals surface area contributed by atoms with Gasteiger partial charge in [-0.15, -0.1) is 0 Å². The van der Waals surface area contributed by atoms with Crippen molar-refractivity contribution in [1.29, 1.82) is 0 Å². The lowest BCUT2D eigenvalue weighted by Crippen LogP contribution is -2.53. The van der Waals surface area contributed by atoms with Crippen LogP contribution in [-0.2, 0) is 9.53 Å². The maximum absolute atomic E-state index is 12.2. The monoisotopic (exact) mass is 264 g/mol. The second-order valence-corrected chi connectivity index (χ2v) is 4.46. The Morgan fingerprint density at radius 2 is 2.42 bits per heavy atom. The van der Waals surface area contributed by atoms with Crippen molar-refractivity contribution in [2.45, 2.75) is 26.0 Å². The van der Waals surface area contributed by atoms with Crippen LogP contribution in [0.25, 0.3) is 0 Å². The summed E-state index contributed by atoms with van der Waals surface area (Å²) in [6, 6.07) is 7.06. The third-order valence-electron chi connectivity index (χ3n) is 3.01. The van der Waals surface area contributed by atoms with Gasteiger partial charge in [-0.25, -0.2) is 0 Å². The number of morpholine rings is 1. The minimum absolute atomic E-state index is 0.0825. The van der Waals surface area contributed by atoms with Gasteiger partial charge in [0.2, 0.25) is 5.91 Å². The summed E-state index contributed by atoms with van der Waals surface area (Å²) in [6.07, 6.45) is -0.121. The number of nitrogens with one attached hydrogen (secondary N) is 2. The maximum atomic E-state index is 12.2. The summed E-state index contributed by atoms with van der Waals surface area (Å²) in [5.41, 5.74) is 0.732. The lowest BCUT2D eigenvalue weighted by Gasteiger charge is -2.29. The van der Waals surface area contributed by atoms with Crippen LogP contribution in [0, 0.1) is 0 Å². The van der Waals surface area contributed by atoms with E-state index in [2.05, 4.69) is 10.6 Å². The average molecular weight is 264 g/mol. The van der Waals surface area contributed by atoms with Crippen molar-refractivity contribution in [1.82, 2.24) is 5.32 Å². The molecule has 1 fully saturated rings. The predicted octanol–water partition coefficient (Wildman–Crippen LogP) is 1.40. The van der Waals surface area contributed by atoms with E-state index in [1.54, 1.807) is 0 Å². The Bertz CT molecular complexity index is 436. The first-order valence-corrected chi connectivity index (χ1v) is 6.59. The van der Waals surface area contributed by atoms with E-state index >= 15 is 0 Å². The molecule has 1 aliphatic heterocycles. The fraction of sp³-hybridized carbons (Fsp3) is 0.500. The van der Waals surface area contributed by atoms with E-state index < -0.39 is 0 Å². The number of hydrogen-bond acceptors (Lipinski definition) is 4. The molecule has 2 N–H and O–H groups in total. The standard InChI is InChI=1S/C14H20N2O3/c1-3-18-12-6-4-5-11(9-12)16-14(17)13-10(2)19-8-7-15-13/h4-6,9-10,13,15H,3,7-8H2,1-2H3,(H,16,17)/t10-,13+/m1/s1. The summed E-state index contributed by atoms with van der Waals surface area (Å²) >= 11 is 0. The molecule has 0 unspecified atom stereocenters. The molecule has 0 aromatic heterocycles. The summed E-state index contributed by atoms with van der Waals surface area (Å²) < 4.78 is 10.9. The summed E-state index contributed by atoms with van der Waals surface area (Å²) in [7, 11) is 0. The zero-order valence-electron chi connectivity index (χ0n) is 11.3. The quantitative estimate of drug-likeness (QED) is 0.863. The number of benzene rings is 1. The third-order valence-corrected chi connectivity index (χ3v) is 3.01. The molecule has 0 spiro atoms. The molecule has 1 aliphatic rings. The van der Waals surface area contributed by atoms with Gasteiger partial charge in [0.15, 0.2) is 0 Å². The Morgan fingerprint density at radius 3 is 3.16 bits per heavy atom. The average Bonchev–Trinajstić information content (AvgIpc) is 2.40. The number of carbonyl (C=O) groups is 1. The molecule has 0 bridgehead atoms. The SMILES string of the molecule is CCOc1cccc(NC(=O)[C@H]2NCCO[C@@H]2C)c1. The third kappa shape index (κ3) is 3.68. The largest absolute Gasteiger partial charge is 0.494 e. The van der Waals surface area contributed by atoms with E-state index in [-0.39, 0.29) is 18.1 Å². The van der Waals surface area contributed by atoms with Crippen molar-refractivity contribution in [3.8, 4) is 5.75 Å². The van der Waals surface area contributed by atoms with Crippen molar-refractivity contribution >= 4 is 11.6 Å². The maximum Gasteiger partial charge on any atom is 0.244 e. The van der Waals surface area contributed by atoms with Crippen molar-refractivity contribution in [2.24, 2.45) is 0 Å². The molecule has 19 heavy (non-hydrogen) atoms.